The zero-order valence-electron chi connectivity index (χ0n) is 22.0. The highest BCUT2D eigenvalue weighted by Gasteiger charge is 2.16. The molecule has 39 heavy (non-hydrogen) atoms. The second-order valence-corrected chi connectivity index (χ2v) is 9.54. The predicted molar refractivity (Wildman–Crippen MR) is 154 cm³/mol. The molecule has 0 atom stereocenters. The molecule has 4 heterocycles. The Morgan fingerprint density at radius 2 is 1.67 bits per heavy atom. The monoisotopic (exact) mass is 514 g/mol. The number of imidazole rings is 1. The molecule has 2 aromatic carbocycles. The van der Waals surface area contributed by atoms with E-state index in [0.29, 0.717) is 13.1 Å². The first kappa shape index (κ1) is 24.7. The molecule has 8 nitrogen and oxygen atoms in total. The van der Waals surface area contributed by atoms with Crippen molar-refractivity contribution in [2.75, 3.05) is 7.05 Å². The molecule has 0 aliphatic rings. The van der Waals surface area contributed by atoms with E-state index in [1.54, 1.807) is 10.8 Å². The molecule has 0 bridgehead atoms. The molecule has 6 aromatic rings. The second kappa shape index (κ2) is 11.0. The number of nitrogens with zero attached hydrogens (tertiary/aromatic N) is 5. The van der Waals surface area contributed by atoms with Crippen LogP contribution in [0.3, 0.4) is 0 Å². The summed E-state index contributed by atoms with van der Waals surface area (Å²) in [6.07, 6.45) is 3.50. The van der Waals surface area contributed by atoms with E-state index in [1.807, 2.05) is 50.5 Å². The molecule has 4 aromatic heterocycles. The molecule has 0 amide bonds. The van der Waals surface area contributed by atoms with Crippen LogP contribution in [0.25, 0.3) is 39.4 Å². The Morgan fingerprint density at radius 3 is 2.51 bits per heavy atom. The number of aromatic amines is 1. The van der Waals surface area contributed by atoms with Gasteiger partial charge in [0.15, 0.2) is 5.65 Å². The van der Waals surface area contributed by atoms with E-state index in [2.05, 4.69) is 74.2 Å². The van der Waals surface area contributed by atoms with Gasteiger partial charge in [-0.05, 0) is 60.5 Å². The Balaban J connectivity index is 1.25. The van der Waals surface area contributed by atoms with Crippen LogP contribution in [0.1, 0.15) is 22.6 Å². The number of aryl methyl sites for hydroxylation is 1. The third-order valence-corrected chi connectivity index (χ3v) is 6.72. The lowest BCUT2D eigenvalue weighted by Gasteiger charge is -2.11. The van der Waals surface area contributed by atoms with Gasteiger partial charge in [0.05, 0.1) is 23.6 Å². The van der Waals surface area contributed by atoms with Crippen molar-refractivity contribution in [2.24, 2.45) is 0 Å². The van der Waals surface area contributed by atoms with Crippen LogP contribution in [0.15, 0.2) is 91.4 Å². The SMILES string of the molecule is CNCc1ccc(-c2ccccc2CNCc2nc(-c3ccc4ncnn4c3)c(-c3cccc(C)n3)[nH]2)cc1. The summed E-state index contributed by atoms with van der Waals surface area (Å²) in [5.74, 6) is 0.843. The highest BCUT2D eigenvalue weighted by atomic mass is 15.3. The molecule has 0 aliphatic heterocycles. The third-order valence-electron chi connectivity index (χ3n) is 6.72. The van der Waals surface area contributed by atoms with E-state index in [1.165, 1.54) is 22.3 Å². The fraction of sp³-hybridized carbons (Fsp3) is 0.161. The van der Waals surface area contributed by atoms with Crippen molar-refractivity contribution in [3.63, 3.8) is 0 Å². The summed E-state index contributed by atoms with van der Waals surface area (Å²) < 4.78 is 1.76. The largest absolute Gasteiger partial charge is 0.339 e. The standard InChI is InChI=1S/C31H30N8/c1-21-6-5-9-27(36-21)31-30(25-14-15-29-34-20-35-39(29)19-25)37-28(38-31)18-33-17-24-7-3-4-8-26(24)23-12-10-22(11-13-23)16-32-2/h3-15,19-20,32-33H,16-18H2,1-2H3,(H,37,38). The molecule has 0 saturated carbocycles. The zero-order valence-corrected chi connectivity index (χ0v) is 22.0. The van der Waals surface area contributed by atoms with Crippen LogP contribution in [0, 0.1) is 6.92 Å². The Kier molecular flexibility index (Phi) is 6.95. The van der Waals surface area contributed by atoms with Crippen molar-refractivity contribution in [1.82, 2.24) is 40.2 Å². The van der Waals surface area contributed by atoms with Gasteiger partial charge in [0.1, 0.15) is 12.2 Å². The number of fused-ring (bicyclic) bond motifs is 1. The van der Waals surface area contributed by atoms with Crippen LogP contribution in [-0.2, 0) is 19.6 Å². The fourth-order valence-electron chi connectivity index (χ4n) is 4.82. The molecule has 6 rings (SSSR count). The number of pyridine rings is 2. The molecule has 0 aliphatic carbocycles. The smallest absolute Gasteiger partial charge is 0.155 e. The minimum Gasteiger partial charge on any atom is -0.339 e. The van der Waals surface area contributed by atoms with Crippen LogP contribution >= 0.6 is 0 Å². The van der Waals surface area contributed by atoms with Gasteiger partial charge in [-0.15, -0.1) is 0 Å². The van der Waals surface area contributed by atoms with Gasteiger partial charge in [0, 0.05) is 30.5 Å². The van der Waals surface area contributed by atoms with E-state index in [9.17, 15) is 0 Å². The maximum absolute atomic E-state index is 4.99. The third kappa shape index (κ3) is 5.34. The summed E-state index contributed by atoms with van der Waals surface area (Å²) in [5.41, 5.74) is 10.2. The molecular weight excluding hydrogens is 484 g/mol. The molecule has 0 unspecified atom stereocenters. The maximum atomic E-state index is 4.99. The Morgan fingerprint density at radius 1 is 0.821 bits per heavy atom. The molecule has 8 heteroatoms. The average molecular weight is 515 g/mol. The predicted octanol–water partition coefficient (Wildman–Crippen LogP) is 5.17. The lowest BCUT2D eigenvalue weighted by molar-refractivity contribution is 0.670. The maximum Gasteiger partial charge on any atom is 0.155 e. The number of hydrogen-bond donors (Lipinski definition) is 3. The quantitative estimate of drug-likeness (QED) is 0.247. The lowest BCUT2D eigenvalue weighted by atomic mass is 9.98. The molecule has 0 spiro atoms. The van der Waals surface area contributed by atoms with Gasteiger partial charge < -0.3 is 15.6 Å². The lowest BCUT2D eigenvalue weighted by Crippen LogP contribution is -2.14. The molecule has 3 N–H and O–H groups in total. The van der Waals surface area contributed by atoms with Gasteiger partial charge in [-0.2, -0.15) is 5.10 Å². The second-order valence-electron chi connectivity index (χ2n) is 9.54. The number of rotatable bonds is 9. The Labute approximate surface area is 227 Å². The highest BCUT2D eigenvalue weighted by Crippen LogP contribution is 2.30. The van der Waals surface area contributed by atoms with Crippen molar-refractivity contribution in [1.29, 1.82) is 0 Å². The van der Waals surface area contributed by atoms with Crippen LogP contribution in [0.5, 0.6) is 0 Å². The summed E-state index contributed by atoms with van der Waals surface area (Å²) in [6, 6.07) is 27.3. The molecule has 0 saturated heterocycles. The van der Waals surface area contributed by atoms with Gasteiger partial charge in [-0.25, -0.2) is 14.5 Å². The van der Waals surface area contributed by atoms with Crippen molar-refractivity contribution >= 4 is 5.65 Å². The minimum absolute atomic E-state index is 0.583. The molecule has 194 valence electrons. The summed E-state index contributed by atoms with van der Waals surface area (Å²) in [5, 5.41) is 11.1. The van der Waals surface area contributed by atoms with Crippen LogP contribution in [0.4, 0.5) is 0 Å². The van der Waals surface area contributed by atoms with Crippen molar-refractivity contribution < 1.29 is 0 Å². The number of aromatic nitrogens is 6. The Hall–Kier alpha value is -4.66. The van der Waals surface area contributed by atoms with Crippen LogP contribution in [0.2, 0.25) is 0 Å². The minimum atomic E-state index is 0.583. The van der Waals surface area contributed by atoms with Gasteiger partial charge in [0.2, 0.25) is 0 Å². The summed E-state index contributed by atoms with van der Waals surface area (Å²) >= 11 is 0. The van der Waals surface area contributed by atoms with Crippen molar-refractivity contribution in [3.05, 3.63) is 114 Å². The number of hydrogen-bond acceptors (Lipinski definition) is 6. The number of nitrogens with one attached hydrogen (secondary N) is 3. The van der Waals surface area contributed by atoms with Gasteiger partial charge >= 0.3 is 0 Å². The van der Waals surface area contributed by atoms with Gasteiger partial charge in [0.25, 0.3) is 0 Å². The topological polar surface area (TPSA) is 95.8 Å². The summed E-state index contributed by atoms with van der Waals surface area (Å²) in [7, 11) is 1.96. The molecule has 0 radical (unpaired) electrons. The van der Waals surface area contributed by atoms with Crippen LogP contribution in [-0.4, -0.2) is 36.6 Å². The van der Waals surface area contributed by atoms with Gasteiger partial charge in [-0.1, -0.05) is 54.6 Å². The zero-order chi connectivity index (χ0) is 26.6. The highest BCUT2D eigenvalue weighted by molar-refractivity contribution is 5.77. The van der Waals surface area contributed by atoms with E-state index in [0.717, 1.165) is 46.4 Å². The molecular formula is C31H30N8. The molecule has 0 fully saturated rings. The first-order chi connectivity index (χ1) is 19.2. The normalized spacial score (nSPS) is 11.3. The summed E-state index contributed by atoms with van der Waals surface area (Å²) in [6.45, 7) is 4.16. The first-order valence-electron chi connectivity index (χ1n) is 13.0. The number of benzene rings is 2. The number of H-pyrrole nitrogens is 1. The van der Waals surface area contributed by atoms with Crippen molar-refractivity contribution in [2.45, 2.75) is 26.6 Å². The van der Waals surface area contributed by atoms with Crippen LogP contribution < -0.4 is 10.6 Å². The van der Waals surface area contributed by atoms with E-state index >= 15 is 0 Å². The van der Waals surface area contributed by atoms with E-state index < -0.39 is 0 Å². The first-order valence-corrected chi connectivity index (χ1v) is 13.0. The van der Waals surface area contributed by atoms with Gasteiger partial charge in [-0.3, -0.25) is 4.98 Å². The fourth-order valence-corrected chi connectivity index (χ4v) is 4.82. The van der Waals surface area contributed by atoms with E-state index in [4.69, 9.17) is 9.97 Å². The Bertz CT molecular complexity index is 1710. The average Bonchev–Trinajstić information content (AvgIpc) is 3.61. The van der Waals surface area contributed by atoms with Crippen molar-refractivity contribution in [3.8, 4) is 33.8 Å². The van der Waals surface area contributed by atoms with E-state index in [-0.39, 0.29) is 0 Å². The summed E-state index contributed by atoms with van der Waals surface area (Å²) in [4.78, 5) is 17.5.